The molecule has 0 fully saturated rings. The van der Waals surface area contributed by atoms with Crippen LogP contribution in [0.25, 0.3) is 0 Å². The van der Waals surface area contributed by atoms with Gasteiger partial charge in [0.05, 0.1) is 5.56 Å². The first-order valence-electron chi connectivity index (χ1n) is 5.20. The average Bonchev–Trinajstić information content (AvgIpc) is 2.76. The number of nitrogens with one attached hydrogen (secondary N) is 1. The molecule has 1 aromatic heterocycles. The molecular weight excluding hydrogens is 298 g/mol. The standard InChI is InChI=1S/C13H12BrNOS/c1-9-7-17-8-12(9)13(16)15-11-4-2-3-10(5-11)6-14/h2-5,7-8H,6H2,1H3,(H,15,16). The second-order valence-electron chi connectivity index (χ2n) is 3.76. The molecule has 0 aliphatic rings. The highest BCUT2D eigenvalue weighted by molar-refractivity contribution is 9.08. The Balaban J connectivity index is 2.16. The van der Waals surface area contributed by atoms with Gasteiger partial charge in [-0.1, -0.05) is 28.1 Å². The van der Waals surface area contributed by atoms with Crippen molar-refractivity contribution >= 4 is 38.9 Å². The molecule has 0 radical (unpaired) electrons. The van der Waals surface area contributed by atoms with Gasteiger partial charge in [-0.2, -0.15) is 11.3 Å². The van der Waals surface area contributed by atoms with Crippen LogP contribution in [0.1, 0.15) is 21.5 Å². The minimum Gasteiger partial charge on any atom is -0.322 e. The molecule has 2 rings (SSSR count). The minimum absolute atomic E-state index is 0.0459. The number of hydrogen-bond acceptors (Lipinski definition) is 2. The highest BCUT2D eigenvalue weighted by Gasteiger charge is 2.09. The van der Waals surface area contributed by atoms with Gasteiger partial charge in [0, 0.05) is 16.4 Å². The summed E-state index contributed by atoms with van der Waals surface area (Å²) in [5.74, 6) is -0.0459. The van der Waals surface area contributed by atoms with Crippen LogP contribution in [0, 0.1) is 6.92 Å². The van der Waals surface area contributed by atoms with Crippen molar-refractivity contribution in [1.29, 1.82) is 0 Å². The predicted octanol–water partition coefficient (Wildman–Crippen LogP) is 4.20. The third-order valence-electron chi connectivity index (χ3n) is 2.44. The van der Waals surface area contributed by atoms with E-state index in [2.05, 4.69) is 21.2 Å². The van der Waals surface area contributed by atoms with E-state index in [1.54, 1.807) is 11.3 Å². The van der Waals surface area contributed by atoms with E-state index in [0.29, 0.717) is 0 Å². The fraction of sp³-hybridized carbons (Fsp3) is 0.154. The number of aryl methyl sites for hydroxylation is 1. The van der Waals surface area contributed by atoms with Crippen molar-refractivity contribution in [3.05, 3.63) is 51.7 Å². The molecule has 1 N–H and O–H groups in total. The van der Waals surface area contributed by atoms with Crippen molar-refractivity contribution in [1.82, 2.24) is 0 Å². The summed E-state index contributed by atoms with van der Waals surface area (Å²) in [7, 11) is 0. The van der Waals surface area contributed by atoms with Crippen molar-refractivity contribution in [2.75, 3.05) is 5.32 Å². The second kappa shape index (κ2) is 5.47. The second-order valence-corrected chi connectivity index (χ2v) is 5.06. The molecule has 0 bridgehead atoms. The van der Waals surface area contributed by atoms with Crippen molar-refractivity contribution in [3.8, 4) is 0 Å². The van der Waals surface area contributed by atoms with Gasteiger partial charge in [-0.05, 0) is 35.6 Å². The molecule has 1 heterocycles. The largest absolute Gasteiger partial charge is 0.322 e. The van der Waals surface area contributed by atoms with Crippen LogP contribution in [0.15, 0.2) is 35.0 Å². The normalized spacial score (nSPS) is 10.2. The van der Waals surface area contributed by atoms with Gasteiger partial charge in [-0.25, -0.2) is 0 Å². The third kappa shape index (κ3) is 2.96. The fourth-order valence-electron chi connectivity index (χ4n) is 1.52. The van der Waals surface area contributed by atoms with Gasteiger partial charge in [0.15, 0.2) is 0 Å². The summed E-state index contributed by atoms with van der Waals surface area (Å²) in [6.07, 6.45) is 0. The summed E-state index contributed by atoms with van der Waals surface area (Å²) in [4.78, 5) is 12.0. The third-order valence-corrected chi connectivity index (χ3v) is 3.95. The number of halogens is 1. The van der Waals surface area contributed by atoms with Crippen LogP contribution < -0.4 is 5.32 Å². The summed E-state index contributed by atoms with van der Waals surface area (Å²) >= 11 is 4.94. The smallest absolute Gasteiger partial charge is 0.256 e. The van der Waals surface area contributed by atoms with Crippen molar-refractivity contribution < 1.29 is 4.79 Å². The molecule has 1 aromatic carbocycles. The highest BCUT2D eigenvalue weighted by atomic mass is 79.9. The number of thiophene rings is 1. The van der Waals surface area contributed by atoms with E-state index in [-0.39, 0.29) is 5.91 Å². The van der Waals surface area contributed by atoms with Crippen LogP contribution in [-0.2, 0) is 5.33 Å². The molecule has 0 saturated heterocycles. The summed E-state index contributed by atoms with van der Waals surface area (Å²) in [5.41, 5.74) is 3.74. The Morgan fingerprint density at radius 2 is 2.24 bits per heavy atom. The van der Waals surface area contributed by atoms with E-state index in [1.807, 2.05) is 41.9 Å². The number of carbonyl (C=O) groups excluding carboxylic acids is 1. The number of alkyl halides is 1. The van der Waals surface area contributed by atoms with E-state index in [4.69, 9.17) is 0 Å². The zero-order chi connectivity index (χ0) is 12.3. The molecule has 17 heavy (non-hydrogen) atoms. The van der Waals surface area contributed by atoms with Crippen LogP contribution in [-0.4, -0.2) is 5.91 Å². The van der Waals surface area contributed by atoms with Gasteiger partial charge in [-0.15, -0.1) is 0 Å². The van der Waals surface area contributed by atoms with Crippen LogP contribution in [0.2, 0.25) is 0 Å². The maximum absolute atomic E-state index is 12.0. The first kappa shape index (κ1) is 12.3. The Hall–Kier alpha value is -1.13. The average molecular weight is 310 g/mol. The van der Waals surface area contributed by atoms with Gasteiger partial charge >= 0.3 is 0 Å². The summed E-state index contributed by atoms with van der Waals surface area (Å²) in [5, 5.41) is 7.54. The van der Waals surface area contributed by atoms with Crippen molar-refractivity contribution in [2.45, 2.75) is 12.3 Å². The van der Waals surface area contributed by atoms with Gasteiger partial charge in [0.25, 0.3) is 5.91 Å². The molecule has 0 aliphatic carbocycles. The molecule has 2 aromatic rings. The molecule has 0 saturated carbocycles. The van der Waals surface area contributed by atoms with E-state index in [1.165, 1.54) is 0 Å². The lowest BCUT2D eigenvalue weighted by atomic mass is 10.2. The van der Waals surface area contributed by atoms with Gasteiger partial charge < -0.3 is 5.32 Å². The van der Waals surface area contributed by atoms with E-state index in [0.717, 1.165) is 27.7 Å². The lowest BCUT2D eigenvalue weighted by Crippen LogP contribution is -2.12. The summed E-state index contributed by atoms with van der Waals surface area (Å²) in [6.45, 7) is 1.94. The zero-order valence-corrected chi connectivity index (χ0v) is 11.8. The lowest BCUT2D eigenvalue weighted by Gasteiger charge is -2.06. The molecule has 0 atom stereocenters. The van der Waals surface area contributed by atoms with Crippen molar-refractivity contribution in [3.63, 3.8) is 0 Å². The number of anilines is 1. The molecule has 88 valence electrons. The van der Waals surface area contributed by atoms with Crippen LogP contribution in [0.5, 0.6) is 0 Å². The molecule has 4 heteroatoms. The Bertz CT molecular complexity index is 536. The molecule has 1 amide bonds. The van der Waals surface area contributed by atoms with E-state index < -0.39 is 0 Å². The molecule has 2 nitrogen and oxygen atoms in total. The van der Waals surface area contributed by atoms with Gasteiger partial charge in [0.1, 0.15) is 0 Å². The van der Waals surface area contributed by atoms with Crippen LogP contribution in [0.3, 0.4) is 0 Å². The maximum Gasteiger partial charge on any atom is 0.256 e. The Kier molecular flexibility index (Phi) is 3.97. The van der Waals surface area contributed by atoms with E-state index >= 15 is 0 Å². The molecule has 0 aliphatic heterocycles. The number of rotatable bonds is 3. The van der Waals surface area contributed by atoms with Gasteiger partial charge in [0.2, 0.25) is 0 Å². The Labute approximate surface area is 113 Å². The maximum atomic E-state index is 12.0. The first-order valence-corrected chi connectivity index (χ1v) is 7.26. The lowest BCUT2D eigenvalue weighted by molar-refractivity contribution is 0.102. The predicted molar refractivity (Wildman–Crippen MR) is 76.1 cm³/mol. The Morgan fingerprint density at radius 3 is 2.88 bits per heavy atom. The first-order chi connectivity index (χ1) is 8.20. The SMILES string of the molecule is Cc1cscc1C(=O)Nc1cccc(CBr)c1. The summed E-state index contributed by atoms with van der Waals surface area (Å²) in [6, 6.07) is 7.81. The molecule has 0 spiro atoms. The number of benzene rings is 1. The monoisotopic (exact) mass is 309 g/mol. The Morgan fingerprint density at radius 1 is 1.41 bits per heavy atom. The molecule has 0 unspecified atom stereocenters. The van der Waals surface area contributed by atoms with Crippen LogP contribution in [0.4, 0.5) is 5.69 Å². The number of hydrogen-bond donors (Lipinski definition) is 1. The number of amides is 1. The minimum atomic E-state index is -0.0459. The van der Waals surface area contributed by atoms with Crippen molar-refractivity contribution in [2.24, 2.45) is 0 Å². The summed E-state index contributed by atoms with van der Waals surface area (Å²) < 4.78 is 0. The zero-order valence-electron chi connectivity index (χ0n) is 9.37. The molecular formula is C13H12BrNOS. The van der Waals surface area contributed by atoms with Gasteiger partial charge in [-0.3, -0.25) is 4.79 Å². The quantitative estimate of drug-likeness (QED) is 0.846. The number of carbonyl (C=O) groups is 1. The van der Waals surface area contributed by atoms with E-state index in [9.17, 15) is 4.79 Å². The topological polar surface area (TPSA) is 29.1 Å². The van der Waals surface area contributed by atoms with Crippen LogP contribution >= 0.6 is 27.3 Å². The highest BCUT2D eigenvalue weighted by Crippen LogP contribution is 2.17. The fourth-order valence-corrected chi connectivity index (χ4v) is 2.70.